The van der Waals surface area contributed by atoms with Crippen molar-refractivity contribution in [2.75, 3.05) is 7.05 Å². The number of nitrogens with one attached hydrogen (secondary N) is 2. The lowest BCUT2D eigenvalue weighted by Gasteiger charge is -2.02. The largest absolute Gasteiger partial charge is 0.452 e. The second-order valence-corrected chi connectivity index (χ2v) is 6.60. The first-order valence-electron chi connectivity index (χ1n) is 5.77. The molecular weight excluding hydrogens is 350 g/mol. The van der Waals surface area contributed by atoms with Gasteiger partial charge >= 0.3 is 0 Å². The van der Waals surface area contributed by atoms with Crippen molar-refractivity contribution in [2.24, 2.45) is 0 Å². The topological polar surface area (TPSA) is 97.4 Å². The van der Waals surface area contributed by atoms with Crippen molar-refractivity contribution in [3.05, 3.63) is 34.0 Å². The number of nitrogens with zero attached hydrogens (tertiary/aromatic N) is 1. The second-order valence-electron chi connectivity index (χ2n) is 4.14. The van der Waals surface area contributed by atoms with E-state index in [0.717, 1.165) is 0 Å². The number of sulfonamides is 1. The highest BCUT2D eigenvalue weighted by Crippen LogP contribution is 2.26. The number of rotatable bonds is 6. The van der Waals surface area contributed by atoms with Gasteiger partial charge in [-0.05, 0) is 29.9 Å². The van der Waals surface area contributed by atoms with E-state index in [-0.39, 0.29) is 16.1 Å². The zero-order chi connectivity index (χ0) is 14.8. The fourth-order valence-electron chi connectivity index (χ4n) is 1.59. The molecule has 0 unspecified atom stereocenters. The van der Waals surface area contributed by atoms with Crippen LogP contribution in [-0.4, -0.2) is 20.6 Å². The molecule has 2 aromatic rings. The van der Waals surface area contributed by atoms with Gasteiger partial charge in [0, 0.05) is 12.1 Å². The summed E-state index contributed by atoms with van der Waals surface area (Å²) in [4.78, 5) is 0.0546. The summed E-state index contributed by atoms with van der Waals surface area (Å²) in [6.45, 7) is 2.23. The van der Waals surface area contributed by atoms with Crippen molar-refractivity contribution in [3.8, 4) is 0 Å². The van der Waals surface area contributed by atoms with Crippen LogP contribution in [0.25, 0.3) is 0 Å². The lowest BCUT2D eigenvalue weighted by Crippen LogP contribution is -2.22. The third-order valence-electron chi connectivity index (χ3n) is 2.46. The van der Waals surface area contributed by atoms with Crippen LogP contribution in [0.1, 0.15) is 17.2 Å². The van der Waals surface area contributed by atoms with Gasteiger partial charge in [0.05, 0.1) is 18.8 Å². The third-order valence-corrected chi connectivity index (χ3v) is 4.72. The molecule has 0 amide bonds. The van der Waals surface area contributed by atoms with Gasteiger partial charge in [-0.25, -0.2) is 13.1 Å². The van der Waals surface area contributed by atoms with Crippen LogP contribution in [0.15, 0.2) is 30.6 Å². The molecule has 0 fully saturated rings. The predicted molar refractivity (Wildman–Crippen MR) is 74.4 cm³/mol. The number of hydrogen-bond acceptors (Lipinski definition) is 6. The zero-order valence-electron chi connectivity index (χ0n) is 10.9. The van der Waals surface area contributed by atoms with Crippen LogP contribution in [0.2, 0.25) is 0 Å². The molecule has 0 aliphatic rings. The van der Waals surface area contributed by atoms with Gasteiger partial charge in [0.2, 0.25) is 10.0 Å². The van der Waals surface area contributed by atoms with Crippen molar-refractivity contribution in [1.82, 2.24) is 15.2 Å². The van der Waals surface area contributed by atoms with E-state index in [9.17, 15) is 8.42 Å². The standard InChI is InChI=1S/C11H14BrN3O4S/c1-7-3-9(19-15-7)6-14-20(16,17)10-4-8(5-13-2)18-11(10)12/h3-4,13-14H,5-6H2,1-2H3. The maximum absolute atomic E-state index is 12.2. The second kappa shape index (κ2) is 6.08. The smallest absolute Gasteiger partial charge is 0.245 e. The van der Waals surface area contributed by atoms with E-state index in [1.54, 1.807) is 20.0 Å². The molecule has 0 atom stereocenters. The lowest BCUT2D eigenvalue weighted by molar-refractivity contribution is 0.377. The van der Waals surface area contributed by atoms with Crippen LogP contribution in [0, 0.1) is 6.92 Å². The summed E-state index contributed by atoms with van der Waals surface area (Å²) in [5.41, 5.74) is 0.694. The molecule has 0 bridgehead atoms. The average Bonchev–Trinajstić information content (AvgIpc) is 2.94. The minimum absolute atomic E-state index is 0.0299. The summed E-state index contributed by atoms with van der Waals surface area (Å²) in [5.74, 6) is 0.969. The quantitative estimate of drug-likeness (QED) is 0.807. The monoisotopic (exact) mass is 363 g/mol. The highest BCUT2D eigenvalue weighted by molar-refractivity contribution is 9.10. The molecule has 2 heterocycles. The molecule has 2 rings (SSSR count). The molecule has 0 aliphatic heterocycles. The fourth-order valence-corrected chi connectivity index (χ4v) is 3.57. The van der Waals surface area contributed by atoms with Crippen molar-refractivity contribution in [3.63, 3.8) is 0 Å². The Labute approximate surface area is 124 Å². The van der Waals surface area contributed by atoms with Crippen LogP contribution in [0.4, 0.5) is 0 Å². The summed E-state index contributed by atoms with van der Waals surface area (Å²) in [7, 11) is -1.94. The molecule has 2 N–H and O–H groups in total. The van der Waals surface area contributed by atoms with Crippen molar-refractivity contribution < 1.29 is 17.4 Å². The number of aryl methyl sites for hydroxylation is 1. The summed E-state index contributed by atoms with van der Waals surface area (Å²) in [6, 6.07) is 3.13. The van der Waals surface area contributed by atoms with Gasteiger partial charge in [-0.1, -0.05) is 5.16 Å². The Morgan fingerprint density at radius 2 is 2.05 bits per heavy atom. The Kier molecular flexibility index (Phi) is 4.63. The summed E-state index contributed by atoms with van der Waals surface area (Å²) >= 11 is 3.10. The number of aromatic nitrogens is 1. The molecule has 0 saturated carbocycles. The molecule has 7 nitrogen and oxygen atoms in total. The SMILES string of the molecule is CNCc1cc(S(=O)(=O)NCc2cc(C)no2)c(Br)o1. The highest BCUT2D eigenvalue weighted by atomic mass is 79.9. The lowest BCUT2D eigenvalue weighted by atomic mass is 10.4. The van der Waals surface area contributed by atoms with E-state index in [4.69, 9.17) is 8.94 Å². The molecule has 0 saturated heterocycles. The Hall–Kier alpha value is -1.16. The average molecular weight is 364 g/mol. The van der Waals surface area contributed by atoms with Gasteiger partial charge in [-0.15, -0.1) is 0 Å². The minimum Gasteiger partial charge on any atom is -0.452 e. The van der Waals surface area contributed by atoms with Crippen LogP contribution >= 0.6 is 15.9 Å². The molecule has 9 heteroatoms. The molecule has 0 radical (unpaired) electrons. The third kappa shape index (κ3) is 3.48. The van der Waals surface area contributed by atoms with E-state index in [2.05, 4.69) is 31.1 Å². The first-order valence-corrected chi connectivity index (χ1v) is 8.04. The van der Waals surface area contributed by atoms with Gasteiger partial charge < -0.3 is 14.3 Å². The van der Waals surface area contributed by atoms with Crippen molar-refractivity contribution >= 4 is 26.0 Å². The summed E-state index contributed by atoms with van der Waals surface area (Å²) < 4.78 is 37.2. The van der Waals surface area contributed by atoms with Crippen molar-refractivity contribution in [1.29, 1.82) is 0 Å². The van der Waals surface area contributed by atoms with Crippen LogP contribution in [0.5, 0.6) is 0 Å². The van der Waals surface area contributed by atoms with Gasteiger partial charge in [-0.3, -0.25) is 0 Å². The van der Waals surface area contributed by atoms with Crippen LogP contribution < -0.4 is 10.0 Å². The maximum atomic E-state index is 12.2. The Bertz CT molecular complexity index is 692. The number of hydrogen-bond donors (Lipinski definition) is 2. The highest BCUT2D eigenvalue weighted by Gasteiger charge is 2.22. The Morgan fingerprint density at radius 1 is 1.30 bits per heavy atom. The Balaban J connectivity index is 2.13. The fraction of sp³-hybridized carbons (Fsp3) is 0.364. The molecule has 2 aromatic heterocycles. The molecular formula is C11H14BrN3O4S. The van der Waals surface area contributed by atoms with E-state index in [0.29, 0.717) is 23.8 Å². The number of furan rings is 1. The van der Waals surface area contributed by atoms with E-state index in [1.807, 2.05) is 0 Å². The molecule has 0 aliphatic carbocycles. The van der Waals surface area contributed by atoms with E-state index < -0.39 is 10.0 Å². The zero-order valence-corrected chi connectivity index (χ0v) is 13.3. The van der Waals surface area contributed by atoms with E-state index >= 15 is 0 Å². The normalized spacial score (nSPS) is 11.9. The maximum Gasteiger partial charge on any atom is 0.245 e. The number of halogens is 1. The predicted octanol–water partition coefficient (Wildman–Crippen LogP) is 1.54. The molecule has 0 aromatic carbocycles. The summed E-state index contributed by atoms with van der Waals surface area (Å²) in [5, 5.41) is 6.57. The van der Waals surface area contributed by atoms with Crippen LogP contribution in [-0.2, 0) is 23.1 Å². The van der Waals surface area contributed by atoms with Gasteiger partial charge in [0.1, 0.15) is 10.7 Å². The first kappa shape index (κ1) is 15.2. The summed E-state index contributed by atoms with van der Waals surface area (Å²) in [6.07, 6.45) is 0. The molecule has 20 heavy (non-hydrogen) atoms. The Morgan fingerprint density at radius 3 is 2.65 bits per heavy atom. The molecule has 0 spiro atoms. The van der Waals surface area contributed by atoms with E-state index in [1.165, 1.54) is 6.07 Å². The minimum atomic E-state index is -3.68. The van der Waals surface area contributed by atoms with Crippen LogP contribution in [0.3, 0.4) is 0 Å². The molecule has 110 valence electrons. The first-order chi connectivity index (χ1) is 9.42. The van der Waals surface area contributed by atoms with Crippen molar-refractivity contribution in [2.45, 2.75) is 24.9 Å². The van der Waals surface area contributed by atoms with Gasteiger partial charge in [0.15, 0.2) is 10.4 Å². The van der Waals surface area contributed by atoms with Gasteiger partial charge in [0.25, 0.3) is 0 Å². The van der Waals surface area contributed by atoms with Gasteiger partial charge in [-0.2, -0.15) is 0 Å².